The van der Waals surface area contributed by atoms with E-state index in [4.69, 9.17) is 5.73 Å². The lowest BCUT2D eigenvalue weighted by Crippen LogP contribution is -2.34. The zero-order valence-corrected chi connectivity index (χ0v) is 18.5. The minimum Gasteiger partial charge on any atom is -0.399 e. The second-order valence-corrected chi connectivity index (χ2v) is 10.1. The lowest BCUT2D eigenvalue weighted by molar-refractivity contribution is 0.306. The molecule has 2 aliphatic rings. The van der Waals surface area contributed by atoms with E-state index in [2.05, 4.69) is 89.2 Å². The Labute approximate surface area is 187 Å². The first-order valence-electron chi connectivity index (χ1n) is 11.0. The fourth-order valence-corrected chi connectivity index (χ4v) is 6.60. The summed E-state index contributed by atoms with van der Waals surface area (Å²) in [6.45, 7) is 3.26. The molecule has 3 aromatic carbocycles. The molecular weight excluding hydrogens is 396 g/mol. The van der Waals surface area contributed by atoms with Crippen LogP contribution in [0.3, 0.4) is 0 Å². The number of hydrogen-bond acceptors (Lipinski definition) is 2. The van der Waals surface area contributed by atoms with Crippen LogP contribution in [-0.2, 0) is 0 Å². The van der Waals surface area contributed by atoms with Gasteiger partial charge in [0.15, 0.2) is 0 Å². The van der Waals surface area contributed by atoms with E-state index >= 15 is 0 Å². The molecule has 0 spiro atoms. The van der Waals surface area contributed by atoms with Crippen molar-refractivity contribution in [3.63, 3.8) is 0 Å². The van der Waals surface area contributed by atoms with Crippen molar-refractivity contribution >= 4 is 38.6 Å². The standard InChI is InChI=1S/C28H28N2S/c29-26-13-11-22(12-14-26)6-5-17-30-18-15-27(16-19-30)31-21-25-9-2-1-7-23(25)20-24-8-3-4-10-28(24)31/h1-14,20-21H,15-19,29H2. The highest BCUT2D eigenvalue weighted by molar-refractivity contribution is 8.22. The lowest BCUT2D eigenvalue weighted by Gasteiger charge is -2.29. The van der Waals surface area contributed by atoms with Gasteiger partial charge in [-0.1, -0.05) is 66.7 Å². The average Bonchev–Trinajstić information content (AvgIpc) is 2.98. The van der Waals surface area contributed by atoms with Gasteiger partial charge >= 0.3 is 0 Å². The van der Waals surface area contributed by atoms with Gasteiger partial charge in [-0.2, -0.15) is 0 Å². The van der Waals surface area contributed by atoms with Crippen LogP contribution in [0.5, 0.6) is 0 Å². The van der Waals surface area contributed by atoms with Crippen molar-refractivity contribution in [3.05, 3.63) is 100 Å². The van der Waals surface area contributed by atoms with Crippen molar-refractivity contribution in [1.29, 1.82) is 0 Å². The maximum absolute atomic E-state index is 5.77. The molecule has 0 aliphatic carbocycles. The maximum Gasteiger partial charge on any atom is 0.0314 e. The van der Waals surface area contributed by atoms with Gasteiger partial charge < -0.3 is 5.73 Å². The van der Waals surface area contributed by atoms with Crippen LogP contribution < -0.4 is 16.2 Å². The molecule has 156 valence electrons. The Morgan fingerprint density at radius 3 is 2.35 bits per heavy atom. The zero-order chi connectivity index (χ0) is 21.0. The predicted molar refractivity (Wildman–Crippen MR) is 137 cm³/mol. The van der Waals surface area contributed by atoms with E-state index in [9.17, 15) is 0 Å². The molecule has 1 unspecified atom stereocenters. The Hall–Kier alpha value is -2.88. The van der Waals surface area contributed by atoms with E-state index in [1.807, 2.05) is 12.1 Å². The fraction of sp³-hybridized carbons (Fsp3) is 0.179. The van der Waals surface area contributed by atoms with Crippen LogP contribution in [0.4, 0.5) is 5.69 Å². The van der Waals surface area contributed by atoms with Crippen molar-refractivity contribution < 1.29 is 0 Å². The molecule has 1 atom stereocenters. The van der Waals surface area contributed by atoms with Gasteiger partial charge in [-0.3, -0.25) is 4.90 Å². The van der Waals surface area contributed by atoms with Crippen molar-refractivity contribution in [2.75, 3.05) is 25.4 Å². The molecule has 3 aromatic rings. The van der Waals surface area contributed by atoms with Gasteiger partial charge in [0.1, 0.15) is 0 Å². The first kappa shape index (κ1) is 20.0. The van der Waals surface area contributed by atoms with Gasteiger partial charge in [-0.25, -0.2) is 0 Å². The topological polar surface area (TPSA) is 29.3 Å². The lowest BCUT2D eigenvalue weighted by atomic mass is 10.1. The minimum atomic E-state index is 0.0665. The smallest absolute Gasteiger partial charge is 0.0314 e. The molecule has 0 amide bonds. The van der Waals surface area contributed by atoms with E-state index in [0.29, 0.717) is 0 Å². The van der Waals surface area contributed by atoms with Gasteiger partial charge in [-0.15, -0.1) is 10.5 Å². The molecule has 2 nitrogen and oxygen atoms in total. The number of nitrogens with zero attached hydrogens (tertiary/aromatic N) is 1. The largest absolute Gasteiger partial charge is 0.399 e. The summed E-state index contributed by atoms with van der Waals surface area (Å²) in [7, 11) is 0.0665. The summed E-state index contributed by atoms with van der Waals surface area (Å²) in [6.07, 6.45) is 9.17. The summed E-state index contributed by atoms with van der Waals surface area (Å²) in [4.78, 5) is 5.73. The van der Waals surface area contributed by atoms with Gasteiger partial charge in [-0.05, 0) is 69.0 Å². The van der Waals surface area contributed by atoms with E-state index in [1.165, 1.54) is 39.3 Å². The molecule has 5 rings (SSSR count). The monoisotopic (exact) mass is 424 g/mol. The molecule has 1 saturated heterocycles. The number of hydrogen-bond donors (Lipinski definition) is 1. The summed E-state index contributed by atoms with van der Waals surface area (Å²) < 4.78 is 0. The van der Waals surface area contributed by atoms with E-state index in [0.717, 1.165) is 25.3 Å². The molecule has 0 bridgehead atoms. The summed E-state index contributed by atoms with van der Waals surface area (Å²) in [6, 6.07) is 25.8. The van der Waals surface area contributed by atoms with Gasteiger partial charge in [0.25, 0.3) is 0 Å². The van der Waals surface area contributed by atoms with E-state index < -0.39 is 0 Å². The Kier molecular flexibility index (Phi) is 5.88. The number of piperidine rings is 1. The number of nitrogens with two attached hydrogens (primary N) is 1. The molecule has 1 fully saturated rings. The number of nitrogen functional groups attached to an aromatic ring is 1. The molecule has 0 saturated carbocycles. The first-order valence-corrected chi connectivity index (χ1v) is 12.2. The number of anilines is 1. The van der Waals surface area contributed by atoms with Crippen LogP contribution in [0.2, 0.25) is 0 Å². The van der Waals surface area contributed by atoms with Crippen LogP contribution >= 0.6 is 10.5 Å². The Bertz CT molecular complexity index is 1260. The molecule has 31 heavy (non-hydrogen) atoms. The van der Waals surface area contributed by atoms with Crippen LogP contribution in [-0.4, -0.2) is 29.4 Å². The summed E-state index contributed by atoms with van der Waals surface area (Å²) in [5.74, 6) is 0. The summed E-state index contributed by atoms with van der Waals surface area (Å²) in [5, 5.41) is 5.21. The normalized spacial score (nSPS) is 18.6. The number of fused-ring (bicyclic) bond motifs is 2. The van der Waals surface area contributed by atoms with Crippen LogP contribution in [0.1, 0.15) is 24.0 Å². The molecule has 3 heteroatoms. The minimum absolute atomic E-state index is 0.0665. The van der Waals surface area contributed by atoms with Crippen molar-refractivity contribution in [2.45, 2.75) is 17.7 Å². The average molecular weight is 425 g/mol. The number of benzene rings is 3. The van der Waals surface area contributed by atoms with Crippen molar-refractivity contribution in [3.8, 4) is 0 Å². The molecule has 2 aliphatic heterocycles. The zero-order valence-electron chi connectivity index (χ0n) is 17.7. The predicted octanol–water partition coefficient (Wildman–Crippen LogP) is 4.46. The quantitative estimate of drug-likeness (QED) is 0.497. The van der Waals surface area contributed by atoms with Crippen LogP contribution in [0, 0.1) is 0 Å². The molecule has 2 N–H and O–H groups in total. The summed E-state index contributed by atoms with van der Waals surface area (Å²) >= 11 is 0. The second kappa shape index (κ2) is 9.09. The SMILES string of the molecule is Nc1ccc(C=CCN2CCC(=S3C=c4ccccc4=Cc4ccccc43)CC2)cc1. The van der Waals surface area contributed by atoms with Crippen molar-refractivity contribution in [2.24, 2.45) is 0 Å². The second-order valence-electron chi connectivity index (χ2n) is 8.18. The third-order valence-corrected chi connectivity index (χ3v) is 8.41. The number of rotatable bonds is 3. The first-order chi connectivity index (χ1) is 15.3. The van der Waals surface area contributed by atoms with Crippen LogP contribution in [0.25, 0.3) is 17.6 Å². The molecule has 0 aromatic heterocycles. The fourth-order valence-electron chi connectivity index (χ4n) is 4.30. The maximum atomic E-state index is 5.77. The van der Waals surface area contributed by atoms with Crippen molar-refractivity contribution in [1.82, 2.24) is 4.90 Å². The Morgan fingerprint density at radius 1 is 0.839 bits per heavy atom. The molecule has 2 heterocycles. The Balaban J connectivity index is 1.36. The highest BCUT2D eigenvalue weighted by Crippen LogP contribution is 2.36. The van der Waals surface area contributed by atoms with Gasteiger partial charge in [0.2, 0.25) is 0 Å². The Morgan fingerprint density at radius 2 is 1.55 bits per heavy atom. The summed E-state index contributed by atoms with van der Waals surface area (Å²) in [5.41, 5.74) is 9.17. The molecular formula is C28H28N2S. The highest BCUT2D eigenvalue weighted by atomic mass is 32.2. The van der Waals surface area contributed by atoms with E-state index in [1.54, 1.807) is 4.86 Å². The van der Waals surface area contributed by atoms with Gasteiger partial charge in [0, 0.05) is 30.2 Å². The van der Waals surface area contributed by atoms with Crippen LogP contribution in [0.15, 0.2) is 83.8 Å². The van der Waals surface area contributed by atoms with E-state index in [-0.39, 0.29) is 10.5 Å². The third-order valence-electron chi connectivity index (χ3n) is 6.04. The highest BCUT2D eigenvalue weighted by Gasteiger charge is 2.17. The third kappa shape index (κ3) is 4.58. The molecule has 0 radical (unpaired) electrons. The number of likely N-dealkylation sites (tertiary alicyclic amines) is 1. The van der Waals surface area contributed by atoms with Gasteiger partial charge in [0.05, 0.1) is 0 Å².